The minimum Gasteiger partial charge on any atom is -0.382 e. The summed E-state index contributed by atoms with van der Waals surface area (Å²) in [7, 11) is 0. The van der Waals surface area contributed by atoms with Crippen LogP contribution in [0.1, 0.15) is 13.8 Å². The molecular weight excluding hydrogens is 316 g/mol. The van der Waals surface area contributed by atoms with Crippen LogP contribution in [0.3, 0.4) is 0 Å². The Balaban J connectivity index is 2.15. The molecule has 2 atom stereocenters. The summed E-state index contributed by atoms with van der Waals surface area (Å²) >= 11 is 6.37. The van der Waals surface area contributed by atoms with Gasteiger partial charge in [-0.2, -0.15) is 10.4 Å². The average Bonchev–Trinajstić information content (AvgIpc) is 2.46. The third-order valence-electron chi connectivity index (χ3n) is 3.37. The van der Waals surface area contributed by atoms with Crippen molar-refractivity contribution in [2.24, 2.45) is 10.8 Å². The van der Waals surface area contributed by atoms with Crippen molar-refractivity contribution < 1.29 is 4.74 Å². The second kappa shape index (κ2) is 7.31. The molecule has 0 saturated carbocycles. The average molecular weight is 335 g/mol. The Morgan fingerprint density at radius 2 is 2.13 bits per heavy atom. The zero-order chi connectivity index (χ0) is 17.0. The Hall–Kier alpha value is -2.30. The minimum absolute atomic E-state index is 0.144. The molecule has 23 heavy (non-hydrogen) atoms. The smallest absolute Gasteiger partial charge is 0.201 e. The number of nitrogens with two attached hydrogens (primary N) is 1. The second-order valence-corrected chi connectivity index (χ2v) is 5.83. The molecule has 0 amide bonds. The first-order valence-electron chi connectivity index (χ1n) is 7.19. The van der Waals surface area contributed by atoms with E-state index in [9.17, 15) is 0 Å². The highest BCUT2D eigenvalue weighted by atomic mass is 35.5. The van der Waals surface area contributed by atoms with Crippen LogP contribution in [0.5, 0.6) is 0 Å². The van der Waals surface area contributed by atoms with E-state index in [0.29, 0.717) is 10.7 Å². The molecule has 2 rings (SSSR count). The molecule has 1 aromatic rings. The number of rotatable bonds is 4. The van der Waals surface area contributed by atoms with Crippen LogP contribution in [0.15, 0.2) is 23.3 Å². The van der Waals surface area contributed by atoms with Crippen LogP contribution in [0, 0.1) is 16.7 Å². The van der Waals surface area contributed by atoms with Gasteiger partial charge in [0.25, 0.3) is 0 Å². The summed E-state index contributed by atoms with van der Waals surface area (Å²) < 4.78 is 5.72. The molecule has 0 bridgehead atoms. The lowest BCUT2D eigenvalue weighted by Crippen LogP contribution is -2.45. The van der Waals surface area contributed by atoms with E-state index in [0.717, 1.165) is 18.8 Å². The van der Waals surface area contributed by atoms with Crippen molar-refractivity contribution in [3.05, 3.63) is 23.2 Å². The van der Waals surface area contributed by atoms with Gasteiger partial charge >= 0.3 is 0 Å². The van der Waals surface area contributed by atoms with Crippen LogP contribution in [0.4, 0.5) is 11.4 Å². The summed E-state index contributed by atoms with van der Waals surface area (Å²) in [6.07, 6.45) is 0.289. The van der Waals surface area contributed by atoms with E-state index in [4.69, 9.17) is 32.7 Å². The van der Waals surface area contributed by atoms with E-state index in [1.54, 1.807) is 12.1 Å². The molecule has 0 spiro atoms. The molecule has 4 N–H and O–H groups in total. The van der Waals surface area contributed by atoms with E-state index < -0.39 is 0 Å². The molecule has 0 radical (unpaired) electrons. The predicted octanol–water partition coefficient (Wildman–Crippen LogP) is 2.18. The molecular formula is C15H19ClN6O. The first-order chi connectivity index (χ1) is 10.9. The number of hydrazone groups is 1. The van der Waals surface area contributed by atoms with Crippen LogP contribution in [0.25, 0.3) is 0 Å². The molecule has 1 fully saturated rings. The number of hydrogen-bond acceptors (Lipinski definition) is 6. The Bertz CT molecular complexity index is 658. The number of anilines is 2. The third kappa shape index (κ3) is 4.34. The standard InChI is InChI=1S/C15H19ClN6O/c1-9-7-22(8-10(2)23-9)14-4-3-11(5-12(14)16)20-21-13(6-17)15(18)19/h3-5,9-10,20H,7-8H2,1-2H3,(H3,18,19)/b21-13+. The van der Waals surface area contributed by atoms with Gasteiger partial charge in [0.15, 0.2) is 5.84 Å². The van der Waals surface area contributed by atoms with Crippen molar-refractivity contribution in [3.63, 3.8) is 0 Å². The van der Waals surface area contributed by atoms with Crippen LogP contribution in [-0.2, 0) is 4.74 Å². The Morgan fingerprint density at radius 1 is 1.48 bits per heavy atom. The Labute approximate surface area is 140 Å². The molecule has 1 heterocycles. The highest BCUT2D eigenvalue weighted by Crippen LogP contribution is 2.31. The number of benzene rings is 1. The van der Waals surface area contributed by atoms with E-state index in [1.165, 1.54) is 0 Å². The van der Waals surface area contributed by atoms with Gasteiger partial charge in [-0.15, -0.1) is 0 Å². The molecule has 0 aromatic heterocycles. The monoisotopic (exact) mass is 334 g/mol. The van der Waals surface area contributed by atoms with Crippen molar-refractivity contribution in [1.82, 2.24) is 0 Å². The Morgan fingerprint density at radius 3 is 2.65 bits per heavy atom. The molecule has 0 aliphatic carbocycles. The van der Waals surface area contributed by atoms with Crippen molar-refractivity contribution in [2.45, 2.75) is 26.1 Å². The lowest BCUT2D eigenvalue weighted by atomic mass is 10.2. The molecule has 122 valence electrons. The summed E-state index contributed by atoms with van der Waals surface area (Å²) in [5.74, 6) is -0.390. The van der Waals surface area contributed by atoms with Gasteiger partial charge < -0.3 is 15.4 Å². The van der Waals surface area contributed by atoms with E-state index in [-0.39, 0.29) is 23.8 Å². The topological polar surface area (TPSA) is 111 Å². The number of hydrogen-bond donors (Lipinski definition) is 3. The maximum absolute atomic E-state index is 8.81. The van der Waals surface area contributed by atoms with Crippen molar-refractivity contribution in [2.75, 3.05) is 23.4 Å². The largest absolute Gasteiger partial charge is 0.382 e. The first kappa shape index (κ1) is 17.1. The fraction of sp³-hybridized carbons (Fsp3) is 0.400. The van der Waals surface area contributed by atoms with Gasteiger partial charge in [-0.1, -0.05) is 11.6 Å². The number of nitriles is 1. The molecule has 8 heteroatoms. The molecule has 1 saturated heterocycles. The quantitative estimate of drug-likeness (QED) is 0.444. The van der Waals surface area contributed by atoms with Crippen LogP contribution >= 0.6 is 11.6 Å². The zero-order valence-corrected chi connectivity index (χ0v) is 13.8. The number of halogens is 1. The van der Waals surface area contributed by atoms with Crippen LogP contribution in [-0.4, -0.2) is 36.8 Å². The fourth-order valence-corrected chi connectivity index (χ4v) is 2.77. The van der Waals surface area contributed by atoms with Gasteiger partial charge in [-0.25, -0.2) is 0 Å². The van der Waals surface area contributed by atoms with Crippen LogP contribution in [0.2, 0.25) is 5.02 Å². The third-order valence-corrected chi connectivity index (χ3v) is 3.67. The Kier molecular flexibility index (Phi) is 5.42. The normalized spacial score (nSPS) is 21.7. The first-order valence-corrected chi connectivity index (χ1v) is 7.56. The van der Waals surface area contributed by atoms with Gasteiger partial charge in [0.05, 0.1) is 28.6 Å². The van der Waals surface area contributed by atoms with E-state index in [2.05, 4.69) is 15.4 Å². The molecule has 1 aliphatic heterocycles. The van der Waals surface area contributed by atoms with E-state index in [1.807, 2.05) is 26.0 Å². The number of nitrogens with one attached hydrogen (secondary N) is 2. The second-order valence-electron chi connectivity index (χ2n) is 5.43. The highest BCUT2D eigenvalue weighted by Gasteiger charge is 2.23. The van der Waals surface area contributed by atoms with Gasteiger partial charge in [0, 0.05) is 13.1 Å². The lowest BCUT2D eigenvalue weighted by Gasteiger charge is -2.37. The van der Waals surface area contributed by atoms with Crippen LogP contribution < -0.4 is 16.1 Å². The minimum atomic E-state index is -0.390. The number of morpholine rings is 1. The highest BCUT2D eigenvalue weighted by molar-refractivity contribution is 6.45. The predicted molar refractivity (Wildman–Crippen MR) is 92.3 cm³/mol. The fourth-order valence-electron chi connectivity index (χ4n) is 2.47. The maximum atomic E-state index is 8.81. The number of ether oxygens (including phenoxy) is 1. The molecule has 7 nitrogen and oxygen atoms in total. The van der Waals surface area contributed by atoms with Gasteiger partial charge in [-0.3, -0.25) is 10.8 Å². The summed E-state index contributed by atoms with van der Waals surface area (Å²) in [6, 6.07) is 7.17. The molecule has 2 unspecified atom stereocenters. The maximum Gasteiger partial charge on any atom is 0.201 e. The number of amidine groups is 1. The number of nitrogens with zero attached hydrogens (tertiary/aromatic N) is 3. The lowest BCUT2D eigenvalue weighted by molar-refractivity contribution is -0.00520. The zero-order valence-electron chi connectivity index (χ0n) is 13.0. The summed E-state index contributed by atoms with van der Waals surface area (Å²) in [5.41, 5.74) is 9.28. The summed E-state index contributed by atoms with van der Waals surface area (Å²) in [4.78, 5) is 2.19. The van der Waals surface area contributed by atoms with Crippen molar-refractivity contribution >= 4 is 34.5 Å². The van der Waals surface area contributed by atoms with Gasteiger partial charge in [-0.05, 0) is 32.0 Å². The van der Waals surface area contributed by atoms with Gasteiger partial charge in [0.2, 0.25) is 5.71 Å². The van der Waals surface area contributed by atoms with Crippen molar-refractivity contribution in [3.8, 4) is 6.07 Å². The summed E-state index contributed by atoms with van der Waals surface area (Å²) in [6.45, 7) is 5.62. The molecule has 1 aliphatic rings. The SMILES string of the molecule is CC1CN(c2ccc(N/N=C(\C#N)C(=N)N)cc2Cl)CC(C)O1. The van der Waals surface area contributed by atoms with E-state index >= 15 is 0 Å². The van der Waals surface area contributed by atoms with Gasteiger partial charge in [0.1, 0.15) is 6.07 Å². The van der Waals surface area contributed by atoms with Crippen molar-refractivity contribution in [1.29, 1.82) is 10.7 Å². The summed E-state index contributed by atoms with van der Waals surface area (Å²) in [5, 5.41) is 20.4. The molecule has 1 aromatic carbocycles.